The summed E-state index contributed by atoms with van der Waals surface area (Å²) in [5, 5.41) is 5.19. The summed E-state index contributed by atoms with van der Waals surface area (Å²) in [4.78, 5) is 23.9. The minimum atomic E-state index is -0.483. The van der Waals surface area contributed by atoms with Gasteiger partial charge in [-0.2, -0.15) is 0 Å². The standard InChI is InChI=1S/C19H21FN2O3/c1-13(2)25-17-10-6-5-9-16(17)22-19(24)11-18(23)21-12-14-7-3-4-8-15(14)20/h3-10,13H,11-12H2,1-2H3,(H,21,23)(H,22,24). The lowest BCUT2D eigenvalue weighted by Crippen LogP contribution is -2.28. The van der Waals surface area contributed by atoms with E-state index < -0.39 is 17.6 Å². The van der Waals surface area contributed by atoms with Gasteiger partial charge in [0.1, 0.15) is 18.0 Å². The van der Waals surface area contributed by atoms with Crippen LogP contribution in [0.15, 0.2) is 48.5 Å². The molecule has 0 aromatic heterocycles. The van der Waals surface area contributed by atoms with Crippen molar-refractivity contribution in [3.63, 3.8) is 0 Å². The normalized spacial score (nSPS) is 10.4. The van der Waals surface area contributed by atoms with Crippen LogP contribution in [0.1, 0.15) is 25.8 Å². The Bertz CT molecular complexity index is 747. The first-order valence-electron chi connectivity index (χ1n) is 8.01. The molecule has 0 saturated carbocycles. The van der Waals surface area contributed by atoms with Crippen molar-refractivity contribution in [2.45, 2.75) is 32.9 Å². The number of benzene rings is 2. The van der Waals surface area contributed by atoms with Crippen LogP contribution in [0, 0.1) is 5.82 Å². The van der Waals surface area contributed by atoms with Crippen molar-refractivity contribution in [3.8, 4) is 5.75 Å². The highest BCUT2D eigenvalue weighted by Crippen LogP contribution is 2.24. The first kappa shape index (κ1) is 18.4. The van der Waals surface area contributed by atoms with Gasteiger partial charge in [-0.15, -0.1) is 0 Å². The molecule has 0 bridgehead atoms. The van der Waals surface area contributed by atoms with E-state index in [1.54, 1.807) is 42.5 Å². The molecule has 0 atom stereocenters. The molecule has 5 nitrogen and oxygen atoms in total. The molecule has 6 heteroatoms. The molecule has 132 valence electrons. The van der Waals surface area contributed by atoms with Crippen molar-refractivity contribution in [1.29, 1.82) is 0 Å². The number of halogens is 1. The quantitative estimate of drug-likeness (QED) is 0.758. The van der Waals surface area contributed by atoms with E-state index in [4.69, 9.17) is 4.74 Å². The molecule has 0 saturated heterocycles. The number of hydrogen-bond acceptors (Lipinski definition) is 3. The van der Waals surface area contributed by atoms with E-state index in [1.807, 2.05) is 13.8 Å². The Labute approximate surface area is 146 Å². The van der Waals surface area contributed by atoms with Crippen LogP contribution in [0.5, 0.6) is 5.75 Å². The van der Waals surface area contributed by atoms with Crippen molar-refractivity contribution < 1.29 is 18.7 Å². The first-order valence-corrected chi connectivity index (χ1v) is 8.01. The van der Waals surface area contributed by atoms with Gasteiger partial charge in [-0.1, -0.05) is 30.3 Å². The first-order chi connectivity index (χ1) is 12.0. The van der Waals surface area contributed by atoms with Gasteiger partial charge in [-0.25, -0.2) is 4.39 Å². The summed E-state index contributed by atoms with van der Waals surface area (Å²) in [6, 6.07) is 13.2. The predicted octanol–water partition coefficient (Wildman–Crippen LogP) is 3.26. The zero-order valence-electron chi connectivity index (χ0n) is 14.2. The predicted molar refractivity (Wildman–Crippen MR) is 93.7 cm³/mol. The summed E-state index contributed by atoms with van der Waals surface area (Å²) in [6.07, 6.45) is -0.396. The molecular weight excluding hydrogens is 323 g/mol. The van der Waals surface area contributed by atoms with Crippen molar-refractivity contribution in [3.05, 3.63) is 59.9 Å². The molecule has 2 aromatic carbocycles. The van der Waals surface area contributed by atoms with E-state index in [-0.39, 0.29) is 19.1 Å². The average Bonchev–Trinajstić information content (AvgIpc) is 2.55. The van der Waals surface area contributed by atoms with Crippen LogP contribution < -0.4 is 15.4 Å². The van der Waals surface area contributed by atoms with Gasteiger partial charge in [0.2, 0.25) is 11.8 Å². The SMILES string of the molecule is CC(C)Oc1ccccc1NC(=O)CC(=O)NCc1ccccc1F. The summed E-state index contributed by atoms with van der Waals surface area (Å²) in [5.74, 6) is -0.807. The maximum absolute atomic E-state index is 13.5. The fraction of sp³-hybridized carbons (Fsp3) is 0.263. The molecular formula is C19H21FN2O3. The van der Waals surface area contributed by atoms with Crippen LogP contribution in [-0.4, -0.2) is 17.9 Å². The number of rotatable bonds is 7. The maximum atomic E-state index is 13.5. The van der Waals surface area contributed by atoms with E-state index in [0.29, 0.717) is 17.0 Å². The molecule has 0 fully saturated rings. The monoisotopic (exact) mass is 344 g/mol. The average molecular weight is 344 g/mol. The molecule has 0 aliphatic carbocycles. The number of hydrogen-bond donors (Lipinski definition) is 2. The number of carbonyl (C=O) groups is 2. The second kappa shape index (κ2) is 8.82. The van der Waals surface area contributed by atoms with Crippen LogP contribution in [0.25, 0.3) is 0 Å². The number of carbonyl (C=O) groups excluding carboxylic acids is 2. The number of para-hydroxylation sites is 2. The molecule has 0 unspecified atom stereocenters. The molecule has 0 heterocycles. The van der Waals surface area contributed by atoms with Gasteiger partial charge in [-0.05, 0) is 32.0 Å². The molecule has 0 spiro atoms. The smallest absolute Gasteiger partial charge is 0.233 e. The lowest BCUT2D eigenvalue weighted by molar-refractivity contribution is -0.126. The van der Waals surface area contributed by atoms with Gasteiger partial charge in [0.15, 0.2) is 0 Å². The fourth-order valence-electron chi connectivity index (χ4n) is 2.16. The zero-order valence-corrected chi connectivity index (χ0v) is 14.2. The molecule has 0 aliphatic rings. The molecule has 0 aliphatic heterocycles. The molecule has 2 aromatic rings. The molecule has 2 amide bonds. The third-order valence-electron chi connectivity index (χ3n) is 3.28. The van der Waals surface area contributed by atoms with Crippen LogP contribution in [0.3, 0.4) is 0 Å². The third-order valence-corrected chi connectivity index (χ3v) is 3.28. The summed E-state index contributed by atoms with van der Waals surface area (Å²) in [5.41, 5.74) is 0.870. The molecule has 2 N–H and O–H groups in total. The summed E-state index contributed by atoms with van der Waals surface area (Å²) in [6.45, 7) is 3.80. The largest absolute Gasteiger partial charge is 0.489 e. The van der Waals surface area contributed by atoms with Gasteiger partial charge >= 0.3 is 0 Å². The Balaban J connectivity index is 1.88. The third kappa shape index (κ3) is 5.91. The highest BCUT2D eigenvalue weighted by molar-refractivity contribution is 6.04. The van der Waals surface area contributed by atoms with Crippen molar-refractivity contribution in [2.75, 3.05) is 5.32 Å². The van der Waals surface area contributed by atoms with E-state index in [2.05, 4.69) is 10.6 Å². The fourth-order valence-corrected chi connectivity index (χ4v) is 2.16. The molecule has 0 radical (unpaired) electrons. The van der Waals surface area contributed by atoms with E-state index in [9.17, 15) is 14.0 Å². The van der Waals surface area contributed by atoms with Gasteiger partial charge in [0.05, 0.1) is 11.8 Å². The van der Waals surface area contributed by atoms with Crippen molar-refractivity contribution in [2.24, 2.45) is 0 Å². The van der Waals surface area contributed by atoms with E-state index in [0.717, 1.165) is 0 Å². The summed E-state index contributed by atoms with van der Waals surface area (Å²) in [7, 11) is 0. The topological polar surface area (TPSA) is 67.4 Å². The Hall–Kier alpha value is -2.89. The Morgan fingerprint density at radius 3 is 2.44 bits per heavy atom. The number of amides is 2. The van der Waals surface area contributed by atoms with Gasteiger partial charge < -0.3 is 15.4 Å². The maximum Gasteiger partial charge on any atom is 0.233 e. The Kier molecular flexibility index (Phi) is 6.51. The number of nitrogens with one attached hydrogen (secondary N) is 2. The van der Waals surface area contributed by atoms with Gasteiger partial charge in [0, 0.05) is 12.1 Å². The zero-order chi connectivity index (χ0) is 18.2. The second-order valence-electron chi connectivity index (χ2n) is 5.76. The highest BCUT2D eigenvalue weighted by atomic mass is 19.1. The van der Waals surface area contributed by atoms with Gasteiger partial charge in [-0.3, -0.25) is 9.59 Å². The Morgan fingerprint density at radius 2 is 1.72 bits per heavy atom. The van der Waals surface area contributed by atoms with Crippen LogP contribution in [-0.2, 0) is 16.1 Å². The van der Waals surface area contributed by atoms with Crippen LogP contribution in [0.4, 0.5) is 10.1 Å². The number of ether oxygens (including phenoxy) is 1. The lowest BCUT2D eigenvalue weighted by Gasteiger charge is -2.14. The van der Waals surface area contributed by atoms with Crippen LogP contribution >= 0.6 is 0 Å². The lowest BCUT2D eigenvalue weighted by atomic mass is 10.2. The minimum Gasteiger partial charge on any atom is -0.489 e. The minimum absolute atomic E-state index is 0.0336. The van der Waals surface area contributed by atoms with E-state index >= 15 is 0 Å². The van der Waals surface area contributed by atoms with Crippen molar-refractivity contribution in [1.82, 2.24) is 5.32 Å². The van der Waals surface area contributed by atoms with Crippen molar-refractivity contribution >= 4 is 17.5 Å². The summed E-state index contributed by atoms with van der Waals surface area (Å²) >= 11 is 0. The van der Waals surface area contributed by atoms with Crippen LogP contribution in [0.2, 0.25) is 0 Å². The Morgan fingerprint density at radius 1 is 1.04 bits per heavy atom. The molecule has 2 rings (SSSR count). The van der Waals surface area contributed by atoms with E-state index in [1.165, 1.54) is 6.07 Å². The van der Waals surface area contributed by atoms with Gasteiger partial charge in [0.25, 0.3) is 0 Å². The molecule has 25 heavy (non-hydrogen) atoms. The summed E-state index contributed by atoms with van der Waals surface area (Å²) < 4.78 is 19.1. The number of anilines is 1. The highest BCUT2D eigenvalue weighted by Gasteiger charge is 2.13. The second-order valence-corrected chi connectivity index (χ2v) is 5.76.